The van der Waals surface area contributed by atoms with E-state index in [0.717, 1.165) is 14.6 Å². The molecule has 0 radical (unpaired) electrons. The van der Waals surface area contributed by atoms with Crippen LogP contribution in [0.2, 0.25) is 0 Å². The SMILES string of the molecule is Nc1cc([N+](=O)[O-])cc2c(Br)csc12. The van der Waals surface area contributed by atoms with Crippen molar-refractivity contribution in [2.45, 2.75) is 0 Å². The van der Waals surface area contributed by atoms with Crippen molar-refractivity contribution in [3.05, 3.63) is 32.1 Å². The summed E-state index contributed by atoms with van der Waals surface area (Å²) in [6.45, 7) is 0. The van der Waals surface area contributed by atoms with Crippen LogP contribution in [0, 0.1) is 10.1 Å². The van der Waals surface area contributed by atoms with Crippen molar-refractivity contribution in [2.75, 3.05) is 5.73 Å². The quantitative estimate of drug-likeness (QED) is 0.493. The molecule has 2 N–H and O–H groups in total. The number of nitrogens with two attached hydrogens (primary N) is 1. The van der Waals surface area contributed by atoms with Gasteiger partial charge in [0, 0.05) is 27.4 Å². The van der Waals surface area contributed by atoms with E-state index in [1.54, 1.807) is 0 Å². The molecule has 0 fully saturated rings. The Morgan fingerprint density at radius 3 is 2.86 bits per heavy atom. The summed E-state index contributed by atoms with van der Waals surface area (Å²) in [6, 6.07) is 2.90. The van der Waals surface area contributed by atoms with E-state index >= 15 is 0 Å². The van der Waals surface area contributed by atoms with Gasteiger partial charge in [0.1, 0.15) is 0 Å². The molecule has 4 nitrogen and oxygen atoms in total. The second-order valence-corrected chi connectivity index (χ2v) is 4.49. The molecule has 72 valence electrons. The number of thiophene rings is 1. The second-order valence-electron chi connectivity index (χ2n) is 2.75. The lowest BCUT2D eigenvalue weighted by Crippen LogP contribution is -1.91. The molecule has 0 saturated carbocycles. The number of nitro groups is 1. The number of nitrogens with zero attached hydrogens (tertiary/aromatic N) is 1. The number of halogens is 1. The molecule has 0 atom stereocenters. The summed E-state index contributed by atoms with van der Waals surface area (Å²) >= 11 is 4.78. The second kappa shape index (κ2) is 3.21. The van der Waals surface area contributed by atoms with Gasteiger partial charge in [-0.3, -0.25) is 10.1 Å². The Balaban J connectivity index is 2.82. The van der Waals surface area contributed by atoms with Gasteiger partial charge in [-0.25, -0.2) is 0 Å². The molecule has 0 amide bonds. The van der Waals surface area contributed by atoms with Crippen LogP contribution < -0.4 is 5.73 Å². The van der Waals surface area contributed by atoms with Crippen molar-refractivity contribution in [3.63, 3.8) is 0 Å². The first-order valence-electron chi connectivity index (χ1n) is 3.70. The van der Waals surface area contributed by atoms with E-state index in [1.165, 1.54) is 23.5 Å². The van der Waals surface area contributed by atoms with Gasteiger partial charge in [0.15, 0.2) is 0 Å². The Morgan fingerprint density at radius 1 is 1.50 bits per heavy atom. The predicted molar refractivity (Wildman–Crippen MR) is 60.6 cm³/mol. The van der Waals surface area contributed by atoms with Crippen LogP contribution in [-0.4, -0.2) is 4.92 Å². The fourth-order valence-corrected chi connectivity index (χ4v) is 2.79. The lowest BCUT2D eigenvalue weighted by atomic mass is 10.2. The Hall–Kier alpha value is -1.14. The van der Waals surface area contributed by atoms with Gasteiger partial charge in [-0.15, -0.1) is 11.3 Å². The van der Waals surface area contributed by atoms with E-state index < -0.39 is 4.92 Å². The summed E-state index contributed by atoms with van der Waals surface area (Å²) in [7, 11) is 0. The van der Waals surface area contributed by atoms with E-state index in [0.29, 0.717) is 5.69 Å². The van der Waals surface area contributed by atoms with Gasteiger partial charge in [-0.2, -0.15) is 0 Å². The minimum Gasteiger partial charge on any atom is -0.397 e. The van der Waals surface area contributed by atoms with Crippen molar-refractivity contribution in [1.82, 2.24) is 0 Å². The van der Waals surface area contributed by atoms with E-state index in [4.69, 9.17) is 5.73 Å². The molecule has 0 unspecified atom stereocenters. The highest BCUT2D eigenvalue weighted by Crippen LogP contribution is 2.36. The summed E-state index contributed by atoms with van der Waals surface area (Å²) in [4.78, 5) is 10.1. The molecule has 1 aromatic carbocycles. The molecule has 1 aromatic heterocycles. The summed E-state index contributed by atoms with van der Waals surface area (Å²) in [5.74, 6) is 0. The third kappa shape index (κ3) is 1.36. The highest BCUT2D eigenvalue weighted by Gasteiger charge is 2.12. The Bertz CT molecular complexity index is 523. The maximum absolute atomic E-state index is 10.6. The summed E-state index contributed by atoms with van der Waals surface area (Å²) < 4.78 is 1.72. The van der Waals surface area contributed by atoms with Gasteiger partial charge >= 0.3 is 0 Å². The highest BCUT2D eigenvalue weighted by molar-refractivity contribution is 9.10. The molecule has 14 heavy (non-hydrogen) atoms. The topological polar surface area (TPSA) is 69.2 Å². The van der Waals surface area contributed by atoms with Crippen molar-refractivity contribution in [1.29, 1.82) is 0 Å². The lowest BCUT2D eigenvalue weighted by Gasteiger charge is -1.97. The van der Waals surface area contributed by atoms with E-state index in [9.17, 15) is 10.1 Å². The summed E-state index contributed by atoms with van der Waals surface area (Å²) in [5, 5.41) is 13.2. The molecule has 6 heteroatoms. The monoisotopic (exact) mass is 272 g/mol. The zero-order valence-corrected chi connectivity index (χ0v) is 9.26. The average Bonchev–Trinajstić information content (AvgIpc) is 2.48. The molecule has 2 aromatic rings. The smallest absolute Gasteiger partial charge is 0.272 e. The number of nitrogen functional groups attached to an aromatic ring is 1. The van der Waals surface area contributed by atoms with Gasteiger partial charge in [0.05, 0.1) is 15.3 Å². The highest BCUT2D eigenvalue weighted by atomic mass is 79.9. The van der Waals surface area contributed by atoms with Crippen LogP contribution in [-0.2, 0) is 0 Å². The lowest BCUT2D eigenvalue weighted by molar-refractivity contribution is -0.384. The first-order valence-corrected chi connectivity index (χ1v) is 5.37. The Kier molecular flexibility index (Phi) is 2.16. The normalized spacial score (nSPS) is 10.6. The van der Waals surface area contributed by atoms with Crippen LogP contribution in [0.3, 0.4) is 0 Å². The fraction of sp³-hybridized carbons (Fsp3) is 0. The van der Waals surface area contributed by atoms with Gasteiger partial charge in [0.25, 0.3) is 5.69 Å². The van der Waals surface area contributed by atoms with E-state index in [2.05, 4.69) is 15.9 Å². The number of hydrogen-bond donors (Lipinski definition) is 1. The van der Waals surface area contributed by atoms with Crippen LogP contribution in [0.4, 0.5) is 11.4 Å². The average molecular weight is 273 g/mol. The first kappa shape index (κ1) is 9.42. The number of fused-ring (bicyclic) bond motifs is 1. The zero-order valence-electron chi connectivity index (χ0n) is 6.86. The van der Waals surface area contributed by atoms with Crippen LogP contribution >= 0.6 is 27.3 Å². The van der Waals surface area contributed by atoms with Crippen molar-refractivity contribution < 1.29 is 4.92 Å². The van der Waals surface area contributed by atoms with Crippen LogP contribution in [0.1, 0.15) is 0 Å². The summed E-state index contributed by atoms with van der Waals surface area (Å²) in [5.41, 5.74) is 6.16. The molecule has 1 heterocycles. The van der Waals surface area contributed by atoms with Crippen molar-refractivity contribution in [3.8, 4) is 0 Å². The van der Waals surface area contributed by atoms with Gasteiger partial charge < -0.3 is 5.73 Å². The molecule has 0 aliphatic rings. The largest absolute Gasteiger partial charge is 0.397 e. The minimum absolute atomic E-state index is 0.0223. The summed E-state index contributed by atoms with van der Waals surface area (Å²) in [6.07, 6.45) is 0. The fourth-order valence-electron chi connectivity index (χ4n) is 1.22. The first-order chi connectivity index (χ1) is 6.59. The molecule has 2 rings (SSSR count). The van der Waals surface area contributed by atoms with E-state index in [1.807, 2.05) is 5.38 Å². The standard InChI is InChI=1S/C8H5BrN2O2S/c9-6-3-14-8-5(6)1-4(11(12)13)2-7(8)10/h1-3H,10H2. The van der Waals surface area contributed by atoms with Gasteiger partial charge in [-0.1, -0.05) is 0 Å². The predicted octanol–water partition coefficient (Wildman–Crippen LogP) is 3.15. The van der Waals surface area contributed by atoms with E-state index in [-0.39, 0.29) is 5.69 Å². The third-order valence-electron chi connectivity index (χ3n) is 1.85. The minimum atomic E-state index is -0.445. The number of nitro benzene ring substituents is 1. The Morgan fingerprint density at radius 2 is 2.21 bits per heavy atom. The van der Waals surface area contributed by atoms with Crippen molar-refractivity contribution in [2.24, 2.45) is 0 Å². The molecular weight excluding hydrogens is 268 g/mol. The van der Waals surface area contributed by atoms with Crippen LogP contribution in [0.25, 0.3) is 10.1 Å². The number of benzene rings is 1. The third-order valence-corrected chi connectivity index (χ3v) is 3.85. The molecular formula is C8H5BrN2O2S. The zero-order chi connectivity index (χ0) is 10.3. The molecule has 0 bridgehead atoms. The van der Waals surface area contributed by atoms with Crippen molar-refractivity contribution >= 4 is 48.7 Å². The molecule has 0 aliphatic carbocycles. The number of rotatable bonds is 1. The van der Waals surface area contributed by atoms with Gasteiger partial charge in [-0.05, 0) is 15.9 Å². The number of anilines is 1. The molecule has 0 saturated heterocycles. The number of non-ortho nitro benzene ring substituents is 1. The maximum atomic E-state index is 10.6. The van der Waals surface area contributed by atoms with Crippen LogP contribution in [0.5, 0.6) is 0 Å². The maximum Gasteiger partial charge on any atom is 0.272 e. The van der Waals surface area contributed by atoms with Gasteiger partial charge in [0.2, 0.25) is 0 Å². The Labute approximate surface area is 91.6 Å². The molecule has 0 aliphatic heterocycles. The number of hydrogen-bond acceptors (Lipinski definition) is 4. The van der Waals surface area contributed by atoms with Crippen LogP contribution in [0.15, 0.2) is 22.0 Å². The molecule has 0 spiro atoms.